The number of carboxylic acid groups (broad SMARTS) is 1. The largest absolute Gasteiger partial charge is 0.481 e. The highest BCUT2D eigenvalue weighted by atomic mass is 35.5. The number of nitrogens with zero attached hydrogens (tertiary/aromatic N) is 1. The highest BCUT2D eigenvalue weighted by Crippen LogP contribution is 2.29. The monoisotopic (exact) mass is 354 g/mol. The van der Waals surface area contributed by atoms with Crippen LogP contribution in [0.15, 0.2) is 12.3 Å². The Morgan fingerprint density at radius 2 is 1.92 bits per heavy atom. The van der Waals surface area contributed by atoms with Crippen molar-refractivity contribution in [2.24, 2.45) is 5.92 Å². The Labute approximate surface area is 146 Å². The van der Waals surface area contributed by atoms with Crippen LogP contribution in [-0.2, 0) is 9.53 Å². The predicted molar refractivity (Wildman–Crippen MR) is 91.4 cm³/mol. The third-order valence-electron chi connectivity index (χ3n) is 3.93. The summed E-state index contributed by atoms with van der Waals surface area (Å²) in [6.45, 7) is 5.40. The molecule has 1 aliphatic rings. The van der Waals surface area contributed by atoms with Crippen LogP contribution in [0, 0.1) is 5.92 Å². The van der Waals surface area contributed by atoms with E-state index in [1.54, 1.807) is 26.8 Å². The Bertz CT molecular complexity index is 620. The maximum Gasteiger partial charge on any atom is 0.342 e. The second kappa shape index (κ2) is 7.38. The van der Waals surface area contributed by atoms with E-state index in [2.05, 4.69) is 10.3 Å². The van der Waals surface area contributed by atoms with E-state index in [4.69, 9.17) is 21.4 Å². The van der Waals surface area contributed by atoms with Gasteiger partial charge in [-0.05, 0) is 52.5 Å². The first kappa shape index (κ1) is 18.5. The molecule has 0 bridgehead atoms. The van der Waals surface area contributed by atoms with Gasteiger partial charge in [-0.25, -0.2) is 9.78 Å². The van der Waals surface area contributed by atoms with E-state index < -0.39 is 17.5 Å². The molecule has 0 amide bonds. The van der Waals surface area contributed by atoms with Crippen LogP contribution in [0.4, 0.5) is 5.69 Å². The number of hydrogen-bond acceptors (Lipinski definition) is 5. The maximum absolute atomic E-state index is 12.4. The molecule has 0 radical (unpaired) electrons. The summed E-state index contributed by atoms with van der Waals surface area (Å²) in [5.74, 6) is -1.49. The van der Waals surface area contributed by atoms with Crippen molar-refractivity contribution in [2.75, 3.05) is 5.32 Å². The van der Waals surface area contributed by atoms with Gasteiger partial charge in [-0.1, -0.05) is 11.6 Å². The Morgan fingerprint density at radius 1 is 1.29 bits per heavy atom. The molecular weight excluding hydrogens is 332 g/mol. The summed E-state index contributed by atoms with van der Waals surface area (Å²) < 4.78 is 5.40. The number of esters is 1. The number of nitrogens with one attached hydrogen (secondary N) is 1. The fourth-order valence-corrected chi connectivity index (χ4v) is 2.91. The molecule has 132 valence electrons. The third kappa shape index (κ3) is 5.09. The molecule has 2 N–H and O–H groups in total. The van der Waals surface area contributed by atoms with Crippen molar-refractivity contribution in [1.29, 1.82) is 0 Å². The molecule has 1 aliphatic carbocycles. The zero-order valence-electron chi connectivity index (χ0n) is 14.1. The van der Waals surface area contributed by atoms with Crippen LogP contribution in [0.5, 0.6) is 0 Å². The molecule has 0 atom stereocenters. The van der Waals surface area contributed by atoms with Crippen LogP contribution in [0.25, 0.3) is 0 Å². The highest BCUT2D eigenvalue weighted by molar-refractivity contribution is 6.29. The fraction of sp³-hybridized carbons (Fsp3) is 0.588. The molecule has 2 rings (SSSR count). The second-order valence-electron chi connectivity index (χ2n) is 7.09. The topological polar surface area (TPSA) is 88.5 Å². The van der Waals surface area contributed by atoms with Gasteiger partial charge in [-0.15, -0.1) is 0 Å². The van der Waals surface area contributed by atoms with Crippen molar-refractivity contribution in [3.63, 3.8) is 0 Å². The Balaban J connectivity index is 2.11. The summed E-state index contributed by atoms with van der Waals surface area (Å²) in [5.41, 5.74) is 0.297. The predicted octanol–water partition coefficient (Wildman–Crippen LogP) is 3.75. The number of rotatable bonds is 4. The van der Waals surface area contributed by atoms with Crippen LogP contribution >= 0.6 is 11.6 Å². The molecule has 24 heavy (non-hydrogen) atoms. The van der Waals surface area contributed by atoms with E-state index in [-0.39, 0.29) is 17.1 Å². The quantitative estimate of drug-likeness (QED) is 0.632. The lowest BCUT2D eigenvalue weighted by molar-refractivity contribution is -0.142. The van der Waals surface area contributed by atoms with Gasteiger partial charge in [0.15, 0.2) is 0 Å². The SMILES string of the molecule is CC(C)(C)OC(=O)c1cnc(Cl)cc1NC1CCC(C(=O)O)CC1. The maximum atomic E-state index is 12.4. The molecule has 0 aliphatic heterocycles. The van der Waals surface area contributed by atoms with Crippen LogP contribution in [0.3, 0.4) is 0 Å². The first-order valence-electron chi connectivity index (χ1n) is 8.04. The average molecular weight is 355 g/mol. The fourth-order valence-electron chi connectivity index (χ4n) is 2.75. The lowest BCUT2D eigenvalue weighted by Crippen LogP contribution is -2.30. The van der Waals surface area contributed by atoms with Crippen molar-refractivity contribution >= 4 is 29.2 Å². The number of hydrogen-bond donors (Lipinski definition) is 2. The minimum Gasteiger partial charge on any atom is -0.481 e. The van der Waals surface area contributed by atoms with Gasteiger partial charge < -0.3 is 15.2 Å². The van der Waals surface area contributed by atoms with E-state index in [0.717, 1.165) is 12.8 Å². The smallest absolute Gasteiger partial charge is 0.342 e. The summed E-state index contributed by atoms with van der Waals surface area (Å²) in [5, 5.41) is 12.6. The molecule has 0 saturated heterocycles. The van der Waals surface area contributed by atoms with E-state index in [1.807, 2.05) is 0 Å². The molecule has 1 aromatic rings. The summed E-state index contributed by atoms with van der Waals surface area (Å²) in [4.78, 5) is 27.4. The third-order valence-corrected chi connectivity index (χ3v) is 4.13. The molecule has 7 heteroatoms. The lowest BCUT2D eigenvalue weighted by atomic mass is 9.86. The molecule has 1 saturated carbocycles. The molecule has 6 nitrogen and oxygen atoms in total. The molecule has 1 heterocycles. The first-order chi connectivity index (χ1) is 11.2. The van der Waals surface area contributed by atoms with Gasteiger partial charge in [0.2, 0.25) is 0 Å². The van der Waals surface area contributed by atoms with Gasteiger partial charge in [-0.2, -0.15) is 0 Å². The summed E-state index contributed by atoms with van der Waals surface area (Å²) in [6.07, 6.45) is 4.10. The van der Waals surface area contributed by atoms with Gasteiger partial charge in [0.1, 0.15) is 16.3 Å². The normalized spacial score (nSPS) is 21.2. The number of carbonyl (C=O) groups excluding carboxylic acids is 1. The summed E-state index contributed by atoms with van der Waals surface area (Å²) in [7, 11) is 0. The molecule has 1 fully saturated rings. The molecule has 0 unspecified atom stereocenters. The Kier molecular flexibility index (Phi) is 5.70. The summed E-state index contributed by atoms with van der Waals surface area (Å²) >= 11 is 5.96. The lowest BCUT2D eigenvalue weighted by Gasteiger charge is -2.28. The molecular formula is C17H23ClN2O4. The number of aromatic nitrogens is 1. The average Bonchev–Trinajstić information content (AvgIpc) is 2.46. The second-order valence-corrected chi connectivity index (χ2v) is 7.47. The summed E-state index contributed by atoms with van der Waals surface area (Å²) in [6, 6.07) is 1.70. The first-order valence-corrected chi connectivity index (χ1v) is 8.42. The number of carbonyl (C=O) groups is 2. The van der Waals surface area contributed by atoms with E-state index in [1.165, 1.54) is 6.20 Å². The van der Waals surface area contributed by atoms with Crippen LogP contribution in [-0.4, -0.2) is 33.7 Å². The van der Waals surface area contributed by atoms with Gasteiger partial charge in [0.25, 0.3) is 0 Å². The number of pyridine rings is 1. The van der Waals surface area contributed by atoms with Crippen molar-refractivity contribution in [2.45, 2.75) is 58.1 Å². The zero-order valence-corrected chi connectivity index (χ0v) is 14.9. The van der Waals surface area contributed by atoms with Crippen LogP contribution in [0.1, 0.15) is 56.8 Å². The number of carboxylic acids is 1. The number of ether oxygens (including phenoxy) is 1. The molecule has 1 aromatic heterocycles. The van der Waals surface area contributed by atoms with Crippen LogP contribution < -0.4 is 5.32 Å². The minimum atomic E-state index is -0.741. The molecule has 0 aromatic carbocycles. The van der Waals surface area contributed by atoms with Gasteiger partial charge in [-0.3, -0.25) is 4.79 Å². The minimum absolute atomic E-state index is 0.0975. The number of anilines is 1. The van der Waals surface area contributed by atoms with Crippen molar-refractivity contribution in [3.8, 4) is 0 Å². The zero-order chi connectivity index (χ0) is 17.9. The van der Waals surface area contributed by atoms with Crippen LogP contribution in [0.2, 0.25) is 5.15 Å². The van der Waals surface area contributed by atoms with E-state index >= 15 is 0 Å². The van der Waals surface area contributed by atoms with E-state index in [0.29, 0.717) is 24.1 Å². The van der Waals surface area contributed by atoms with Crippen molar-refractivity contribution in [1.82, 2.24) is 4.98 Å². The number of halogens is 1. The van der Waals surface area contributed by atoms with Crippen molar-refractivity contribution < 1.29 is 19.4 Å². The standard InChI is InChI=1S/C17H23ClN2O4/c1-17(2,3)24-16(23)12-9-19-14(18)8-13(12)20-11-6-4-10(5-7-11)15(21)22/h8-11H,4-7H2,1-3H3,(H,19,20)(H,21,22). The van der Waals surface area contributed by atoms with Gasteiger partial charge >= 0.3 is 11.9 Å². The van der Waals surface area contributed by atoms with Gasteiger partial charge in [0.05, 0.1) is 11.6 Å². The Morgan fingerprint density at radius 3 is 2.46 bits per heavy atom. The van der Waals surface area contributed by atoms with E-state index in [9.17, 15) is 9.59 Å². The Hall–Kier alpha value is -1.82. The van der Waals surface area contributed by atoms with Gasteiger partial charge in [0, 0.05) is 12.2 Å². The highest BCUT2D eigenvalue weighted by Gasteiger charge is 2.27. The van der Waals surface area contributed by atoms with Crippen molar-refractivity contribution in [3.05, 3.63) is 23.0 Å². The number of aliphatic carboxylic acids is 1. The molecule has 0 spiro atoms.